The van der Waals surface area contributed by atoms with E-state index in [0.29, 0.717) is 0 Å². The van der Waals surface area contributed by atoms with E-state index in [4.69, 9.17) is 0 Å². The van der Waals surface area contributed by atoms with Gasteiger partial charge in [-0.25, -0.2) is 0 Å². The zero-order chi connectivity index (χ0) is 10.7. The van der Waals surface area contributed by atoms with Crippen molar-refractivity contribution in [2.45, 2.75) is 19.9 Å². The second-order valence-electron chi connectivity index (χ2n) is 3.92. The Bertz CT molecular complexity index is 445. The molecule has 0 bridgehead atoms. The molecular weight excluding hydrogens is 202 g/mol. The van der Waals surface area contributed by atoms with Gasteiger partial charge in [0.05, 0.1) is 0 Å². The zero-order valence-corrected chi connectivity index (χ0v) is 10.2. The molecule has 0 atom stereocenters. The Morgan fingerprint density at radius 1 is 1.27 bits per heavy atom. The first-order chi connectivity index (χ1) is 7.31. The van der Waals surface area contributed by atoms with Crippen LogP contribution < -0.4 is 0 Å². The largest absolute Gasteiger partial charge is 0.347 e. The van der Waals surface area contributed by atoms with Gasteiger partial charge in [0.1, 0.15) is 0 Å². The molecule has 15 heavy (non-hydrogen) atoms. The molecule has 0 radical (unpaired) electrons. The lowest BCUT2D eigenvalue weighted by molar-refractivity contribution is 0.709. The van der Waals surface area contributed by atoms with Crippen molar-refractivity contribution in [3.8, 4) is 0 Å². The standard InChI is InChI=1S/C13H17NS/c1-11-4-5-13-12(10-11)6-8-14(13)7-3-9-15-2/h4-6,8,10H,3,7,9H2,1-2H3. The predicted molar refractivity (Wildman–Crippen MR) is 69.7 cm³/mol. The monoisotopic (exact) mass is 219 g/mol. The summed E-state index contributed by atoms with van der Waals surface area (Å²) >= 11 is 1.92. The average Bonchev–Trinajstić information content (AvgIpc) is 2.61. The van der Waals surface area contributed by atoms with Crippen molar-refractivity contribution in [1.82, 2.24) is 4.57 Å². The highest BCUT2D eigenvalue weighted by Gasteiger charge is 2.00. The minimum absolute atomic E-state index is 1.13. The quantitative estimate of drug-likeness (QED) is 0.710. The minimum Gasteiger partial charge on any atom is -0.347 e. The van der Waals surface area contributed by atoms with Crippen LogP contribution in [-0.2, 0) is 6.54 Å². The second-order valence-corrected chi connectivity index (χ2v) is 4.90. The van der Waals surface area contributed by atoms with Crippen LogP contribution in [0.15, 0.2) is 30.5 Å². The lowest BCUT2D eigenvalue weighted by atomic mass is 10.2. The molecular formula is C13H17NS. The Morgan fingerprint density at radius 2 is 2.13 bits per heavy atom. The molecule has 0 aliphatic carbocycles. The number of thioether (sulfide) groups is 1. The number of aromatic nitrogens is 1. The van der Waals surface area contributed by atoms with Crippen LogP contribution in [0, 0.1) is 6.92 Å². The molecule has 2 aromatic rings. The number of hydrogen-bond acceptors (Lipinski definition) is 1. The van der Waals surface area contributed by atoms with Crippen molar-refractivity contribution in [3.63, 3.8) is 0 Å². The fraction of sp³-hybridized carbons (Fsp3) is 0.385. The molecule has 1 aromatic heterocycles. The van der Waals surface area contributed by atoms with Crippen LogP contribution in [0.5, 0.6) is 0 Å². The summed E-state index contributed by atoms with van der Waals surface area (Å²) in [6, 6.07) is 8.87. The lowest BCUT2D eigenvalue weighted by Gasteiger charge is -2.04. The number of hydrogen-bond donors (Lipinski definition) is 0. The van der Waals surface area contributed by atoms with Crippen LogP contribution >= 0.6 is 11.8 Å². The minimum atomic E-state index is 1.13. The van der Waals surface area contributed by atoms with E-state index in [-0.39, 0.29) is 0 Å². The first-order valence-corrected chi connectivity index (χ1v) is 6.75. The van der Waals surface area contributed by atoms with Gasteiger partial charge in [-0.15, -0.1) is 0 Å². The Kier molecular flexibility index (Phi) is 3.37. The van der Waals surface area contributed by atoms with Crippen LogP contribution in [0.2, 0.25) is 0 Å². The van der Waals surface area contributed by atoms with Crippen molar-refractivity contribution >= 4 is 22.7 Å². The molecule has 1 aromatic carbocycles. The van der Waals surface area contributed by atoms with Gasteiger partial charge in [0.2, 0.25) is 0 Å². The van der Waals surface area contributed by atoms with E-state index in [9.17, 15) is 0 Å². The summed E-state index contributed by atoms with van der Waals surface area (Å²) in [7, 11) is 0. The predicted octanol–water partition coefficient (Wildman–Crippen LogP) is 3.70. The molecule has 2 rings (SSSR count). The van der Waals surface area contributed by atoms with Crippen molar-refractivity contribution in [3.05, 3.63) is 36.0 Å². The molecule has 0 unspecified atom stereocenters. The van der Waals surface area contributed by atoms with Gasteiger partial charge in [0.25, 0.3) is 0 Å². The summed E-state index contributed by atoms with van der Waals surface area (Å²) < 4.78 is 2.35. The van der Waals surface area contributed by atoms with E-state index in [1.807, 2.05) is 11.8 Å². The fourth-order valence-electron chi connectivity index (χ4n) is 1.89. The average molecular weight is 219 g/mol. The summed E-state index contributed by atoms with van der Waals surface area (Å²) in [4.78, 5) is 0. The molecule has 0 N–H and O–H groups in total. The summed E-state index contributed by atoms with van der Waals surface area (Å²) in [6.45, 7) is 3.28. The molecule has 1 heterocycles. The highest BCUT2D eigenvalue weighted by molar-refractivity contribution is 7.98. The Morgan fingerprint density at radius 3 is 2.93 bits per heavy atom. The molecule has 0 fully saturated rings. The smallest absolute Gasteiger partial charge is 0.0480 e. The molecule has 0 saturated heterocycles. The molecule has 0 amide bonds. The van der Waals surface area contributed by atoms with Gasteiger partial charge in [-0.2, -0.15) is 11.8 Å². The van der Waals surface area contributed by atoms with Crippen LogP contribution in [-0.4, -0.2) is 16.6 Å². The van der Waals surface area contributed by atoms with Gasteiger partial charge in [0.15, 0.2) is 0 Å². The topological polar surface area (TPSA) is 4.93 Å². The summed E-state index contributed by atoms with van der Waals surface area (Å²) in [5, 5.41) is 1.36. The van der Waals surface area contributed by atoms with E-state index in [2.05, 4.69) is 48.2 Å². The molecule has 1 nitrogen and oxygen atoms in total. The Balaban J connectivity index is 2.21. The summed E-state index contributed by atoms with van der Waals surface area (Å²) in [6.07, 6.45) is 5.61. The number of rotatable bonds is 4. The molecule has 80 valence electrons. The van der Waals surface area contributed by atoms with E-state index < -0.39 is 0 Å². The maximum Gasteiger partial charge on any atom is 0.0480 e. The fourth-order valence-corrected chi connectivity index (χ4v) is 2.31. The number of aryl methyl sites for hydroxylation is 2. The van der Waals surface area contributed by atoms with Crippen LogP contribution in [0.25, 0.3) is 10.9 Å². The maximum absolute atomic E-state index is 2.35. The molecule has 0 aliphatic heterocycles. The van der Waals surface area contributed by atoms with E-state index in [0.717, 1.165) is 6.54 Å². The Labute approximate surface area is 95.5 Å². The summed E-state index contributed by atoms with van der Waals surface area (Å²) in [5.41, 5.74) is 2.70. The molecule has 0 aliphatic rings. The first-order valence-electron chi connectivity index (χ1n) is 5.35. The van der Waals surface area contributed by atoms with E-state index >= 15 is 0 Å². The number of benzene rings is 1. The molecule has 0 saturated carbocycles. The third-order valence-corrected chi connectivity index (χ3v) is 3.37. The summed E-state index contributed by atoms with van der Waals surface area (Å²) in [5.74, 6) is 1.24. The van der Waals surface area contributed by atoms with Crippen molar-refractivity contribution in [2.75, 3.05) is 12.0 Å². The van der Waals surface area contributed by atoms with Gasteiger partial charge < -0.3 is 4.57 Å². The molecule has 2 heteroatoms. The van der Waals surface area contributed by atoms with Crippen molar-refractivity contribution in [2.24, 2.45) is 0 Å². The number of nitrogens with zero attached hydrogens (tertiary/aromatic N) is 1. The van der Waals surface area contributed by atoms with Crippen LogP contribution in [0.1, 0.15) is 12.0 Å². The van der Waals surface area contributed by atoms with E-state index in [1.54, 1.807) is 0 Å². The first kappa shape index (κ1) is 10.6. The van der Waals surface area contributed by atoms with Gasteiger partial charge in [-0.3, -0.25) is 0 Å². The normalized spacial score (nSPS) is 11.1. The SMILES string of the molecule is CSCCCn1ccc2cc(C)ccc21. The van der Waals surface area contributed by atoms with Crippen molar-refractivity contribution in [1.29, 1.82) is 0 Å². The number of fused-ring (bicyclic) bond motifs is 1. The zero-order valence-electron chi connectivity index (χ0n) is 9.36. The lowest BCUT2D eigenvalue weighted by Crippen LogP contribution is -1.96. The van der Waals surface area contributed by atoms with Crippen molar-refractivity contribution < 1.29 is 0 Å². The van der Waals surface area contributed by atoms with Gasteiger partial charge in [0, 0.05) is 18.3 Å². The van der Waals surface area contributed by atoms with Crippen LogP contribution in [0.4, 0.5) is 0 Å². The van der Waals surface area contributed by atoms with Gasteiger partial charge >= 0.3 is 0 Å². The maximum atomic E-state index is 2.35. The highest BCUT2D eigenvalue weighted by atomic mass is 32.2. The Hall–Kier alpha value is -0.890. The third kappa shape index (κ3) is 2.37. The second kappa shape index (κ2) is 4.75. The molecule has 0 spiro atoms. The van der Waals surface area contributed by atoms with Gasteiger partial charge in [-0.1, -0.05) is 11.6 Å². The van der Waals surface area contributed by atoms with Crippen LogP contribution in [0.3, 0.4) is 0 Å². The van der Waals surface area contributed by atoms with Gasteiger partial charge in [-0.05, 0) is 48.9 Å². The van der Waals surface area contributed by atoms with E-state index in [1.165, 1.54) is 28.6 Å². The highest BCUT2D eigenvalue weighted by Crippen LogP contribution is 2.17. The third-order valence-electron chi connectivity index (χ3n) is 2.67.